The third kappa shape index (κ3) is 4.86. The monoisotopic (exact) mass is 352 g/mol. The Morgan fingerprint density at radius 2 is 2.00 bits per heavy atom. The van der Waals surface area contributed by atoms with Crippen molar-refractivity contribution in [2.24, 2.45) is 0 Å². The molecule has 1 aliphatic rings. The number of carbonyl (C=O) groups excluding carboxylic acids is 1. The van der Waals surface area contributed by atoms with Crippen LogP contribution >= 0.6 is 0 Å². The highest BCUT2D eigenvalue weighted by atomic mass is 16.5. The number of hydrogen-bond donors (Lipinski definition) is 1. The van der Waals surface area contributed by atoms with Crippen LogP contribution in [0, 0.1) is 0 Å². The van der Waals surface area contributed by atoms with E-state index in [9.17, 15) is 4.79 Å². The molecule has 2 aromatic rings. The van der Waals surface area contributed by atoms with Gasteiger partial charge in [0.2, 0.25) is 5.91 Å². The Labute approximate surface area is 154 Å². The van der Waals surface area contributed by atoms with Crippen LogP contribution in [0.3, 0.4) is 0 Å². The third-order valence-corrected chi connectivity index (χ3v) is 4.12. The fraction of sp³-hybridized carbons (Fsp3) is 0.286. The summed E-state index contributed by atoms with van der Waals surface area (Å²) in [5.41, 5.74) is 2.75. The number of morpholine rings is 1. The summed E-state index contributed by atoms with van der Waals surface area (Å²) in [5.74, 6) is 0.601. The van der Waals surface area contributed by atoms with Gasteiger partial charge in [-0.1, -0.05) is 24.3 Å². The molecule has 1 heterocycles. The van der Waals surface area contributed by atoms with Gasteiger partial charge in [-0.2, -0.15) is 0 Å². The quantitative estimate of drug-likeness (QED) is 0.808. The lowest BCUT2D eigenvalue weighted by Crippen LogP contribution is -2.36. The number of benzene rings is 2. The van der Waals surface area contributed by atoms with Crippen LogP contribution in [0.25, 0.3) is 6.08 Å². The fourth-order valence-electron chi connectivity index (χ4n) is 2.86. The van der Waals surface area contributed by atoms with E-state index in [1.807, 2.05) is 49.4 Å². The van der Waals surface area contributed by atoms with Crippen LogP contribution in [0.2, 0.25) is 0 Å². The average molecular weight is 352 g/mol. The molecule has 2 aromatic carbocycles. The first-order valence-corrected chi connectivity index (χ1v) is 8.90. The molecule has 0 bridgehead atoms. The maximum atomic E-state index is 12.3. The van der Waals surface area contributed by atoms with Gasteiger partial charge in [0.25, 0.3) is 0 Å². The highest BCUT2D eigenvalue weighted by molar-refractivity contribution is 6.02. The van der Waals surface area contributed by atoms with Gasteiger partial charge in [0, 0.05) is 36.1 Å². The minimum atomic E-state index is -0.171. The first kappa shape index (κ1) is 18.0. The zero-order valence-corrected chi connectivity index (χ0v) is 15.0. The normalized spacial score (nSPS) is 14.4. The fourth-order valence-corrected chi connectivity index (χ4v) is 2.86. The zero-order valence-electron chi connectivity index (χ0n) is 15.0. The van der Waals surface area contributed by atoms with Gasteiger partial charge in [-0.25, -0.2) is 0 Å². The van der Waals surface area contributed by atoms with E-state index in [1.54, 1.807) is 6.08 Å². The third-order valence-electron chi connectivity index (χ3n) is 4.12. The van der Waals surface area contributed by atoms with E-state index in [1.165, 1.54) is 6.08 Å². The van der Waals surface area contributed by atoms with Gasteiger partial charge < -0.3 is 19.7 Å². The predicted octanol–water partition coefficient (Wildman–Crippen LogP) is 3.57. The van der Waals surface area contributed by atoms with Crippen molar-refractivity contribution in [2.45, 2.75) is 6.92 Å². The topological polar surface area (TPSA) is 50.8 Å². The van der Waals surface area contributed by atoms with Crippen LogP contribution in [0.5, 0.6) is 5.75 Å². The molecule has 1 amide bonds. The molecular weight excluding hydrogens is 328 g/mol. The van der Waals surface area contributed by atoms with E-state index in [2.05, 4.69) is 16.3 Å². The summed E-state index contributed by atoms with van der Waals surface area (Å²) in [4.78, 5) is 14.5. The highest BCUT2D eigenvalue weighted by Crippen LogP contribution is 2.21. The lowest BCUT2D eigenvalue weighted by molar-refractivity contribution is -0.111. The van der Waals surface area contributed by atoms with E-state index >= 15 is 0 Å². The molecule has 0 aromatic heterocycles. The second kappa shape index (κ2) is 9.06. The number of nitrogens with zero attached hydrogens (tertiary/aromatic N) is 1. The Kier molecular flexibility index (Phi) is 6.28. The predicted molar refractivity (Wildman–Crippen MR) is 105 cm³/mol. The molecule has 0 radical (unpaired) electrons. The Hall–Kier alpha value is -2.79. The number of carbonyl (C=O) groups is 1. The molecular formula is C21H24N2O3. The second-order valence-corrected chi connectivity index (χ2v) is 5.94. The molecule has 136 valence electrons. The number of para-hydroxylation sites is 1. The van der Waals surface area contributed by atoms with E-state index in [0.29, 0.717) is 6.61 Å². The van der Waals surface area contributed by atoms with Gasteiger partial charge in [-0.15, -0.1) is 0 Å². The molecule has 0 saturated carbocycles. The Morgan fingerprint density at radius 1 is 1.19 bits per heavy atom. The van der Waals surface area contributed by atoms with Crippen LogP contribution in [-0.4, -0.2) is 38.8 Å². The van der Waals surface area contributed by atoms with E-state index in [-0.39, 0.29) is 5.91 Å². The molecule has 1 saturated heterocycles. The summed E-state index contributed by atoms with van der Waals surface area (Å²) in [6.45, 7) is 5.73. The SMILES string of the molecule is CCOc1ccccc1C=CC(=O)Nc1cccc(N2CCOCC2)c1. The summed E-state index contributed by atoms with van der Waals surface area (Å²) in [5, 5.41) is 2.92. The van der Waals surface area contributed by atoms with E-state index in [0.717, 1.165) is 49.0 Å². The van der Waals surface area contributed by atoms with Gasteiger partial charge in [-0.05, 0) is 37.3 Å². The number of rotatable bonds is 6. The molecule has 1 fully saturated rings. The Balaban J connectivity index is 1.65. The van der Waals surface area contributed by atoms with Crippen LogP contribution in [-0.2, 0) is 9.53 Å². The molecule has 0 spiro atoms. The first-order valence-electron chi connectivity index (χ1n) is 8.90. The molecule has 0 atom stereocenters. The molecule has 1 aliphatic heterocycles. The number of amides is 1. The van der Waals surface area contributed by atoms with E-state index < -0.39 is 0 Å². The smallest absolute Gasteiger partial charge is 0.248 e. The summed E-state index contributed by atoms with van der Waals surface area (Å²) in [6, 6.07) is 15.5. The molecule has 5 nitrogen and oxygen atoms in total. The zero-order chi connectivity index (χ0) is 18.2. The van der Waals surface area contributed by atoms with Gasteiger partial charge >= 0.3 is 0 Å². The van der Waals surface area contributed by atoms with Gasteiger partial charge in [0.05, 0.1) is 19.8 Å². The molecule has 1 N–H and O–H groups in total. The summed E-state index contributed by atoms with van der Waals surface area (Å²) < 4.78 is 11.0. The maximum Gasteiger partial charge on any atom is 0.248 e. The minimum Gasteiger partial charge on any atom is -0.493 e. The van der Waals surface area contributed by atoms with Gasteiger partial charge in [0.1, 0.15) is 5.75 Å². The van der Waals surface area contributed by atoms with Crippen LogP contribution in [0.4, 0.5) is 11.4 Å². The Morgan fingerprint density at radius 3 is 2.81 bits per heavy atom. The van der Waals surface area contributed by atoms with Gasteiger partial charge in [-0.3, -0.25) is 4.79 Å². The standard InChI is InChI=1S/C21H24N2O3/c1-2-26-20-9-4-3-6-17(20)10-11-21(24)22-18-7-5-8-19(16-18)23-12-14-25-15-13-23/h3-11,16H,2,12-15H2,1H3,(H,22,24). The molecule has 3 rings (SSSR count). The second-order valence-electron chi connectivity index (χ2n) is 5.94. The molecule has 26 heavy (non-hydrogen) atoms. The number of hydrogen-bond acceptors (Lipinski definition) is 4. The van der Waals surface area contributed by atoms with Crippen molar-refractivity contribution in [3.8, 4) is 5.75 Å². The summed E-state index contributed by atoms with van der Waals surface area (Å²) >= 11 is 0. The maximum absolute atomic E-state index is 12.3. The van der Waals surface area contributed by atoms with Gasteiger partial charge in [0.15, 0.2) is 0 Å². The lowest BCUT2D eigenvalue weighted by atomic mass is 10.2. The number of nitrogens with one attached hydrogen (secondary N) is 1. The molecule has 5 heteroatoms. The van der Waals surface area contributed by atoms with Crippen molar-refractivity contribution in [1.29, 1.82) is 0 Å². The van der Waals surface area contributed by atoms with Crippen molar-refractivity contribution in [3.63, 3.8) is 0 Å². The first-order chi connectivity index (χ1) is 12.8. The van der Waals surface area contributed by atoms with Crippen molar-refractivity contribution in [3.05, 3.63) is 60.2 Å². The van der Waals surface area contributed by atoms with E-state index in [4.69, 9.17) is 9.47 Å². The van der Waals surface area contributed by atoms with Crippen molar-refractivity contribution < 1.29 is 14.3 Å². The van der Waals surface area contributed by atoms with Crippen molar-refractivity contribution >= 4 is 23.4 Å². The van der Waals surface area contributed by atoms with Crippen LogP contribution in [0.1, 0.15) is 12.5 Å². The van der Waals surface area contributed by atoms with Crippen molar-refractivity contribution in [1.82, 2.24) is 0 Å². The number of anilines is 2. The molecule has 0 aliphatic carbocycles. The van der Waals surface area contributed by atoms with Crippen LogP contribution in [0.15, 0.2) is 54.6 Å². The Bertz CT molecular complexity index is 767. The average Bonchev–Trinajstić information content (AvgIpc) is 2.68. The molecule has 0 unspecified atom stereocenters. The van der Waals surface area contributed by atoms with Crippen LogP contribution < -0.4 is 15.0 Å². The lowest BCUT2D eigenvalue weighted by Gasteiger charge is -2.29. The number of ether oxygens (including phenoxy) is 2. The van der Waals surface area contributed by atoms with Crippen molar-refractivity contribution in [2.75, 3.05) is 43.1 Å². The summed E-state index contributed by atoms with van der Waals surface area (Å²) in [6.07, 6.45) is 3.30. The minimum absolute atomic E-state index is 0.171. The highest BCUT2D eigenvalue weighted by Gasteiger charge is 2.11. The summed E-state index contributed by atoms with van der Waals surface area (Å²) in [7, 11) is 0. The largest absolute Gasteiger partial charge is 0.493 e.